The highest BCUT2D eigenvalue weighted by molar-refractivity contribution is 9.10. The summed E-state index contributed by atoms with van der Waals surface area (Å²) in [5, 5.41) is 10.3. The summed E-state index contributed by atoms with van der Waals surface area (Å²) >= 11 is 3.14. The van der Waals surface area contributed by atoms with Crippen LogP contribution in [0.4, 0.5) is 10.1 Å². The first-order chi connectivity index (χ1) is 5.15. The molecular weight excluding hydrogens is 213 g/mol. The van der Waals surface area contributed by atoms with Crippen LogP contribution in [0.3, 0.4) is 0 Å². The van der Waals surface area contributed by atoms with Gasteiger partial charge in [-0.2, -0.15) is 0 Å². The fraction of sp³-hybridized carbons (Fsp3) is 0.143. The molecular formula is C7H7BrFNO. The van der Waals surface area contributed by atoms with Crippen molar-refractivity contribution in [2.45, 2.75) is 6.92 Å². The Labute approximate surface area is 72.1 Å². The second-order valence-electron chi connectivity index (χ2n) is 2.22. The fourth-order valence-corrected chi connectivity index (χ4v) is 1.24. The lowest BCUT2D eigenvalue weighted by Gasteiger charge is -2.06. The van der Waals surface area contributed by atoms with Crippen LogP contribution in [0.5, 0.6) is 0 Å². The molecule has 2 nitrogen and oxygen atoms in total. The van der Waals surface area contributed by atoms with Crippen LogP contribution in [0.2, 0.25) is 0 Å². The van der Waals surface area contributed by atoms with Crippen molar-refractivity contribution in [3.63, 3.8) is 0 Å². The van der Waals surface area contributed by atoms with Gasteiger partial charge < -0.3 is 10.7 Å². The maximum Gasteiger partial charge on any atom is 0.136 e. The van der Waals surface area contributed by atoms with Crippen LogP contribution in [0.25, 0.3) is 0 Å². The van der Waals surface area contributed by atoms with Crippen molar-refractivity contribution in [2.75, 3.05) is 0 Å². The number of nitrogens with two attached hydrogens (primary N) is 1. The van der Waals surface area contributed by atoms with E-state index in [9.17, 15) is 9.60 Å². The van der Waals surface area contributed by atoms with Gasteiger partial charge in [-0.1, -0.05) is 15.9 Å². The maximum atomic E-state index is 12.6. The molecule has 0 atom stereocenters. The monoisotopic (exact) mass is 219 g/mol. The molecule has 60 valence electrons. The van der Waals surface area contributed by atoms with E-state index in [4.69, 9.17) is 0 Å². The van der Waals surface area contributed by atoms with Gasteiger partial charge in [0.1, 0.15) is 11.5 Å². The summed E-state index contributed by atoms with van der Waals surface area (Å²) in [5.41, 5.74) is 1.79. The molecule has 4 heteroatoms. The van der Waals surface area contributed by atoms with E-state index >= 15 is 0 Å². The molecule has 0 saturated carbocycles. The van der Waals surface area contributed by atoms with Crippen molar-refractivity contribution < 1.29 is 9.87 Å². The van der Waals surface area contributed by atoms with Gasteiger partial charge in [-0.25, -0.2) is 4.39 Å². The van der Waals surface area contributed by atoms with E-state index in [1.54, 1.807) is 6.92 Å². The van der Waals surface area contributed by atoms with Gasteiger partial charge in [0.15, 0.2) is 0 Å². The molecule has 0 aliphatic heterocycles. The van der Waals surface area contributed by atoms with Gasteiger partial charge in [0, 0.05) is 16.1 Å². The molecule has 0 unspecified atom stereocenters. The van der Waals surface area contributed by atoms with Gasteiger partial charge >= 0.3 is 0 Å². The predicted octanol–water partition coefficient (Wildman–Crippen LogP) is 1.59. The van der Waals surface area contributed by atoms with E-state index in [1.165, 1.54) is 12.1 Å². The van der Waals surface area contributed by atoms with Crippen LogP contribution in [0, 0.1) is 17.9 Å². The van der Waals surface area contributed by atoms with Gasteiger partial charge in [0.2, 0.25) is 0 Å². The second-order valence-corrected chi connectivity index (χ2v) is 3.07. The number of rotatable bonds is 1. The molecule has 0 bridgehead atoms. The van der Waals surface area contributed by atoms with E-state index in [2.05, 4.69) is 15.9 Å². The Hall–Kier alpha value is -0.450. The van der Waals surface area contributed by atoms with E-state index in [0.29, 0.717) is 15.6 Å². The third-order valence-electron chi connectivity index (χ3n) is 1.48. The lowest BCUT2D eigenvalue weighted by atomic mass is 10.2. The summed E-state index contributed by atoms with van der Waals surface area (Å²) < 4.78 is 13.2. The first kappa shape index (κ1) is 8.64. The predicted molar refractivity (Wildman–Crippen MR) is 43.8 cm³/mol. The quantitative estimate of drug-likeness (QED) is 0.566. The van der Waals surface area contributed by atoms with Gasteiger partial charge in [-0.3, -0.25) is 0 Å². The first-order valence-corrected chi connectivity index (χ1v) is 3.85. The molecule has 1 rings (SSSR count). The van der Waals surface area contributed by atoms with Crippen LogP contribution in [-0.2, 0) is 0 Å². The third-order valence-corrected chi connectivity index (χ3v) is 2.30. The Morgan fingerprint density at radius 2 is 2.18 bits per heavy atom. The zero-order valence-electron chi connectivity index (χ0n) is 5.90. The summed E-state index contributed by atoms with van der Waals surface area (Å²) in [6.07, 6.45) is 0. The van der Waals surface area contributed by atoms with E-state index < -0.39 is 5.82 Å². The summed E-state index contributed by atoms with van der Waals surface area (Å²) in [6.45, 7) is 1.76. The molecule has 0 spiro atoms. The molecule has 11 heavy (non-hydrogen) atoms. The second kappa shape index (κ2) is 3.30. The lowest BCUT2D eigenvalue weighted by Crippen LogP contribution is -2.70. The summed E-state index contributed by atoms with van der Waals surface area (Å²) in [5.74, 6) is -0.399. The normalized spacial score (nSPS) is 10.2. The largest absolute Gasteiger partial charge is 0.630 e. The number of halogens is 2. The topological polar surface area (TPSA) is 39.7 Å². The molecule has 0 saturated heterocycles. The smallest absolute Gasteiger partial charge is 0.136 e. The highest BCUT2D eigenvalue weighted by atomic mass is 79.9. The number of hydrogen-bond acceptors (Lipinski definition) is 1. The molecule has 1 aromatic rings. The van der Waals surface area contributed by atoms with Gasteiger partial charge in [0.05, 0.1) is 0 Å². The molecule has 0 radical (unpaired) electrons. The van der Waals surface area contributed by atoms with Crippen molar-refractivity contribution in [1.29, 1.82) is 0 Å². The zero-order valence-corrected chi connectivity index (χ0v) is 7.48. The Morgan fingerprint density at radius 3 is 2.73 bits per heavy atom. The van der Waals surface area contributed by atoms with Crippen LogP contribution in [0.1, 0.15) is 5.56 Å². The summed E-state index contributed by atoms with van der Waals surface area (Å²) in [7, 11) is 0. The number of hydrogen-bond donors (Lipinski definition) is 1. The Morgan fingerprint density at radius 1 is 1.55 bits per heavy atom. The lowest BCUT2D eigenvalue weighted by molar-refractivity contribution is -0.497. The summed E-state index contributed by atoms with van der Waals surface area (Å²) in [4.78, 5) is 0. The van der Waals surface area contributed by atoms with Crippen LogP contribution in [-0.4, -0.2) is 0 Å². The molecule has 2 N–H and O–H groups in total. The van der Waals surface area contributed by atoms with Crippen LogP contribution < -0.4 is 5.48 Å². The van der Waals surface area contributed by atoms with Gasteiger partial charge in [-0.15, -0.1) is 0 Å². The minimum atomic E-state index is -0.399. The van der Waals surface area contributed by atoms with Gasteiger partial charge in [-0.05, 0) is 13.0 Å². The molecule has 0 aliphatic carbocycles. The highest BCUT2D eigenvalue weighted by Gasteiger charge is 2.05. The summed E-state index contributed by atoms with van der Waals surface area (Å²) in [6, 6.07) is 2.55. The SMILES string of the molecule is Cc1c(Br)cc(F)cc1[NH2+][O-]. The molecule has 0 heterocycles. The van der Waals surface area contributed by atoms with Crippen molar-refractivity contribution in [3.05, 3.63) is 33.2 Å². The standard InChI is InChI=1S/C7H7BrFNO/c1-4-6(8)2-5(9)3-7(4)10-11/h2-3H,10H2,1H3. The molecule has 0 amide bonds. The average molecular weight is 220 g/mol. The van der Waals surface area contributed by atoms with Crippen molar-refractivity contribution in [2.24, 2.45) is 0 Å². The molecule has 1 aromatic carbocycles. The van der Waals surface area contributed by atoms with Crippen molar-refractivity contribution >= 4 is 21.6 Å². The van der Waals surface area contributed by atoms with E-state index in [-0.39, 0.29) is 0 Å². The highest BCUT2D eigenvalue weighted by Crippen LogP contribution is 2.22. The minimum Gasteiger partial charge on any atom is -0.630 e. The first-order valence-electron chi connectivity index (χ1n) is 3.06. The van der Waals surface area contributed by atoms with Gasteiger partial charge in [0.25, 0.3) is 0 Å². The fourth-order valence-electron chi connectivity index (χ4n) is 0.788. The maximum absolute atomic E-state index is 12.6. The van der Waals surface area contributed by atoms with Crippen LogP contribution >= 0.6 is 15.9 Å². The minimum absolute atomic E-state index is 0.386. The number of benzene rings is 1. The van der Waals surface area contributed by atoms with Crippen LogP contribution in [0.15, 0.2) is 16.6 Å². The van der Waals surface area contributed by atoms with Crippen molar-refractivity contribution in [1.82, 2.24) is 0 Å². The Balaban J connectivity index is 3.24. The van der Waals surface area contributed by atoms with E-state index in [1.807, 2.05) is 0 Å². The Kier molecular flexibility index (Phi) is 2.59. The zero-order chi connectivity index (χ0) is 8.43. The van der Waals surface area contributed by atoms with E-state index in [0.717, 1.165) is 5.56 Å². The number of quaternary nitrogens is 1. The average Bonchev–Trinajstić information content (AvgIpc) is 1.96. The van der Waals surface area contributed by atoms with Crippen molar-refractivity contribution in [3.8, 4) is 0 Å². The third kappa shape index (κ3) is 1.77. The molecule has 0 fully saturated rings. The Bertz CT molecular complexity index is 277. The molecule has 0 aliphatic rings. The molecule has 0 aromatic heterocycles.